The second-order valence-corrected chi connectivity index (χ2v) is 6.48. The van der Waals surface area contributed by atoms with E-state index in [0.717, 1.165) is 18.8 Å². The second kappa shape index (κ2) is 6.55. The summed E-state index contributed by atoms with van der Waals surface area (Å²) in [6.45, 7) is 5.43. The average Bonchev–Trinajstić information content (AvgIpc) is 2.88. The van der Waals surface area contributed by atoms with Gasteiger partial charge in [-0.2, -0.15) is 0 Å². The highest BCUT2D eigenvalue weighted by molar-refractivity contribution is 9.10. The molecule has 1 fully saturated rings. The van der Waals surface area contributed by atoms with E-state index in [0.29, 0.717) is 16.4 Å². The summed E-state index contributed by atoms with van der Waals surface area (Å²) < 4.78 is 0.561. The van der Waals surface area contributed by atoms with Crippen LogP contribution in [-0.4, -0.2) is 22.6 Å². The molecule has 19 heavy (non-hydrogen) atoms. The fraction of sp³-hybridized carbons (Fsp3) is 0.714. The van der Waals surface area contributed by atoms with Gasteiger partial charge in [-0.05, 0) is 41.1 Å². The van der Waals surface area contributed by atoms with Gasteiger partial charge in [0.05, 0.1) is 6.33 Å². The van der Waals surface area contributed by atoms with Crippen LogP contribution in [-0.2, 0) is 0 Å². The number of hydrogen-bond donors (Lipinski definition) is 1. The first-order valence-electron chi connectivity index (χ1n) is 7.09. The van der Waals surface area contributed by atoms with Crippen LogP contribution in [0.4, 0.5) is 5.82 Å². The SMILES string of the molecule is CC(C)CCN(c1nc[nH]c(=O)c1Br)C1CCCC1. The lowest BCUT2D eigenvalue weighted by Gasteiger charge is -2.31. The Morgan fingerprint density at radius 1 is 1.47 bits per heavy atom. The van der Waals surface area contributed by atoms with E-state index in [-0.39, 0.29) is 5.56 Å². The van der Waals surface area contributed by atoms with Crippen molar-refractivity contribution in [2.24, 2.45) is 5.92 Å². The van der Waals surface area contributed by atoms with E-state index in [9.17, 15) is 4.79 Å². The van der Waals surface area contributed by atoms with Gasteiger partial charge in [-0.15, -0.1) is 0 Å². The van der Waals surface area contributed by atoms with Crippen LogP contribution in [0.15, 0.2) is 15.6 Å². The molecule has 0 radical (unpaired) electrons. The van der Waals surface area contributed by atoms with Gasteiger partial charge < -0.3 is 9.88 Å². The molecule has 0 aliphatic heterocycles. The Labute approximate surface area is 122 Å². The van der Waals surface area contributed by atoms with Crippen LogP contribution < -0.4 is 10.5 Å². The highest BCUT2D eigenvalue weighted by Crippen LogP contribution is 2.30. The molecular formula is C14H22BrN3O. The Hall–Kier alpha value is -0.840. The highest BCUT2D eigenvalue weighted by atomic mass is 79.9. The Bertz CT molecular complexity index is 466. The Balaban J connectivity index is 2.24. The van der Waals surface area contributed by atoms with Crippen LogP contribution >= 0.6 is 15.9 Å². The molecule has 0 amide bonds. The predicted molar refractivity (Wildman–Crippen MR) is 81.6 cm³/mol. The number of halogens is 1. The van der Waals surface area contributed by atoms with Crippen molar-refractivity contribution < 1.29 is 0 Å². The lowest BCUT2D eigenvalue weighted by molar-refractivity contribution is 0.524. The molecule has 2 rings (SSSR count). The van der Waals surface area contributed by atoms with Crippen molar-refractivity contribution in [1.82, 2.24) is 9.97 Å². The van der Waals surface area contributed by atoms with Gasteiger partial charge in [0.2, 0.25) is 0 Å². The number of rotatable bonds is 5. The molecule has 4 nitrogen and oxygen atoms in total. The molecule has 0 atom stereocenters. The van der Waals surface area contributed by atoms with E-state index < -0.39 is 0 Å². The number of H-pyrrole nitrogens is 1. The van der Waals surface area contributed by atoms with Crippen LogP contribution in [0.5, 0.6) is 0 Å². The van der Waals surface area contributed by atoms with Crippen molar-refractivity contribution in [3.63, 3.8) is 0 Å². The molecule has 1 aromatic heterocycles. The van der Waals surface area contributed by atoms with E-state index in [1.165, 1.54) is 32.0 Å². The first kappa shape index (κ1) is 14.6. The van der Waals surface area contributed by atoms with Crippen LogP contribution in [0.2, 0.25) is 0 Å². The molecule has 106 valence electrons. The summed E-state index contributed by atoms with van der Waals surface area (Å²) in [4.78, 5) is 21.0. The minimum absolute atomic E-state index is 0.0995. The topological polar surface area (TPSA) is 49.0 Å². The van der Waals surface area contributed by atoms with Crippen molar-refractivity contribution in [2.75, 3.05) is 11.4 Å². The number of nitrogens with zero attached hydrogens (tertiary/aromatic N) is 2. The van der Waals surface area contributed by atoms with Gasteiger partial charge in [0.15, 0.2) is 5.82 Å². The maximum atomic E-state index is 11.7. The molecule has 1 aliphatic rings. The van der Waals surface area contributed by atoms with Crippen molar-refractivity contribution in [3.8, 4) is 0 Å². The molecule has 0 saturated heterocycles. The normalized spacial score (nSPS) is 16.2. The molecule has 0 bridgehead atoms. The standard InChI is InChI=1S/C14H22BrN3O/c1-10(2)7-8-18(11-5-3-4-6-11)13-12(15)14(19)17-9-16-13/h9-11H,3-8H2,1-2H3,(H,16,17,19). The van der Waals surface area contributed by atoms with Gasteiger partial charge in [-0.1, -0.05) is 26.7 Å². The number of aromatic nitrogens is 2. The summed E-state index contributed by atoms with van der Waals surface area (Å²) in [5.74, 6) is 1.46. The van der Waals surface area contributed by atoms with Crippen molar-refractivity contribution >= 4 is 21.7 Å². The molecule has 0 unspecified atom stereocenters. The van der Waals surface area contributed by atoms with Crippen LogP contribution in [0, 0.1) is 5.92 Å². The lowest BCUT2D eigenvalue weighted by atomic mass is 10.1. The third-order valence-corrected chi connectivity index (χ3v) is 4.48. The Morgan fingerprint density at radius 3 is 2.79 bits per heavy atom. The number of aromatic amines is 1. The summed E-state index contributed by atoms with van der Waals surface area (Å²) in [5.41, 5.74) is -0.0995. The molecule has 5 heteroatoms. The van der Waals surface area contributed by atoms with Gasteiger partial charge in [0.25, 0.3) is 5.56 Å². The highest BCUT2D eigenvalue weighted by Gasteiger charge is 2.25. The molecule has 1 N–H and O–H groups in total. The summed E-state index contributed by atoms with van der Waals surface area (Å²) in [6.07, 6.45) is 7.60. The largest absolute Gasteiger partial charge is 0.352 e. The Kier molecular flexibility index (Phi) is 5.02. The van der Waals surface area contributed by atoms with E-state index in [1.807, 2.05) is 0 Å². The van der Waals surface area contributed by atoms with E-state index in [4.69, 9.17) is 0 Å². The molecular weight excluding hydrogens is 306 g/mol. The summed E-state index contributed by atoms with van der Waals surface area (Å²) >= 11 is 3.39. The van der Waals surface area contributed by atoms with Gasteiger partial charge in [0.1, 0.15) is 4.47 Å². The average molecular weight is 328 g/mol. The second-order valence-electron chi connectivity index (χ2n) is 5.68. The minimum Gasteiger partial charge on any atom is -0.352 e. The zero-order chi connectivity index (χ0) is 13.8. The van der Waals surface area contributed by atoms with Crippen LogP contribution in [0.3, 0.4) is 0 Å². The van der Waals surface area contributed by atoms with E-state index >= 15 is 0 Å². The molecule has 1 saturated carbocycles. The van der Waals surface area contributed by atoms with Gasteiger partial charge in [0, 0.05) is 12.6 Å². The van der Waals surface area contributed by atoms with Gasteiger partial charge in [-0.3, -0.25) is 4.79 Å². The van der Waals surface area contributed by atoms with Crippen LogP contribution in [0.25, 0.3) is 0 Å². The minimum atomic E-state index is -0.0995. The zero-order valence-corrected chi connectivity index (χ0v) is 13.2. The third-order valence-electron chi connectivity index (χ3n) is 3.76. The predicted octanol–water partition coefficient (Wildman–Crippen LogP) is 3.33. The van der Waals surface area contributed by atoms with Crippen LogP contribution in [0.1, 0.15) is 46.0 Å². The molecule has 0 spiro atoms. The van der Waals surface area contributed by atoms with Crippen molar-refractivity contribution in [2.45, 2.75) is 52.0 Å². The van der Waals surface area contributed by atoms with Crippen molar-refractivity contribution in [1.29, 1.82) is 0 Å². The fourth-order valence-corrected chi connectivity index (χ4v) is 3.09. The lowest BCUT2D eigenvalue weighted by Crippen LogP contribution is -2.36. The summed E-state index contributed by atoms with van der Waals surface area (Å²) in [5, 5.41) is 0. The zero-order valence-electron chi connectivity index (χ0n) is 11.7. The number of nitrogens with one attached hydrogen (secondary N) is 1. The smallest absolute Gasteiger partial charge is 0.267 e. The Morgan fingerprint density at radius 2 is 2.16 bits per heavy atom. The van der Waals surface area contributed by atoms with E-state index in [1.54, 1.807) is 0 Å². The van der Waals surface area contributed by atoms with Gasteiger partial charge in [-0.25, -0.2) is 4.98 Å². The third kappa shape index (κ3) is 3.59. The fourth-order valence-electron chi connectivity index (χ4n) is 2.65. The molecule has 0 aromatic carbocycles. The number of anilines is 1. The molecule has 1 aliphatic carbocycles. The first-order chi connectivity index (χ1) is 9.09. The number of hydrogen-bond acceptors (Lipinski definition) is 3. The molecule has 1 heterocycles. The molecule has 1 aromatic rings. The van der Waals surface area contributed by atoms with Crippen molar-refractivity contribution in [3.05, 3.63) is 21.2 Å². The first-order valence-corrected chi connectivity index (χ1v) is 7.88. The van der Waals surface area contributed by atoms with E-state index in [2.05, 4.69) is 44.6 Å². The maximum Gasteiger partial charge on any atom is 0.267 e. The summed E-state index contributed by atoms with van der Waals surface area (Å²) in [7, 11) is 0. The maximum absolute atomic E-state index is 11.7. The quantitative estimate of drug-likeness (QED) is 0.902. The summed E-state index contributed by atoms with van der Waals surface area (Å²) in [6, 6.07) is 0.532. The van der Waals surface area contributed by atoms with Gasteiger partial charge >= 0.3 is 0 Å². The monoisotopic (exact) mass is 327 g/mol.